The van der Waals surface area contributed by atoms with Crippen LogP contribution in [0.4, 0.5) is 11.4 Å². The van der Waals surface area contributed by atoms with Gasteiger partial charge in [-0.1, -0.05) is 11.6 Å². The first kappa shape index (κ1) is 13.8. The first-order chi connectivity index (χ1) is 10.2. The fourth-order valence-electron chi connectivity index (χ4n) is 2.22. The van der Waals surface area contributed by atoms with Crippen LogP contribution in [0.1, 0.15) is 12.5 Å². The van der Waals surface area contributed by atoms with E-state index < -0.39 is 0 Å². The van der Waals surface area contributed by atoms with Crippen LogP contribution >= 0.6 is 11.6 Å². The van der Waals surface area contributed by atoms with Crippen molar-refractivity contribution < 1.29 is 9.53 Å². The predicted octanol–water partition coefficient (Wildman–Crippen LogP) is 3.10. The Morgan fingerprint density at radius 3 is 3.10 bits per heavy atom. The maximum Gasteiger partial charge on any atom is 0.262 e. The summed E-state index contributed by atoms with van der Waals surface area (Å²) in [5, 5.41) is 6.57. The van der Waals surface area contributed by atoms with Crippen molar-refractivity contribution in [3.05, 3.63) is 41.2 Å². The summed E-state index contributed by atoms with van der Waals surface area (Å²) in [5.74, 6) is 0.466. The average Bonchev–Trinajstić information content (AvgIpc) is 2.93. The van der Waals surface area contributed by atoms with E-state index in [0.717, 1.165) is 12.2 Å². The summed E-state index contributed by atoms with van der Waals surface area (Å²) in [7, 11) is 0. The molecule has 110 valence electrons. The van der Waals surface area contributed by atoms with Crippen LogP contribution in [0.3, 0.4) is 0 Å². The number of nitrogens with zero attached hydrogens (tertiary/aromatic N) is 1. The highest BCUT2D eigenvalue weighted by atomic mass is 35.5. The van der Waals surface area contributed by atoms with Gasteiger partial charge in [0.25, 0.3) is 5.91 Å². The molecule has 1 aliphatic rings. The Morgan fingerprint density at radius 2 is 2.33 bits per heavy atom. The lowest BCUT2D eigenvalue weighted by Gasteiger charge is -2.19. The third kappa shape index (κ3) is 2.97. The summed E-state index contributed by atoms with van der Waals surface area (Å²) in [6, 6.07) is 5.58. The van der Waals surface area contributed by atoms with Crippen LogP contribution < -0.4 is 15.4 Å². The van der Waals surface area contributed by atoms with Gasteiger partial charge >= 0.3 is 0 Å². The van der Waals surface area contributed by atoms with Crippen LogP contribution in [0.25, 0.3) is 0 Å². The molecular formula is C15H16ClN3O2. The predicted molar refractivity (Wildman–Crippen MR) is 83.0 cm³/mol. The third-order valence-corrected chi connectivity index (χ3v) is 3.67. The number of aromatic nitrogens is 1. The van der Waals surface area contributed by atoms with Gasteiger partial charge in [-0.3, -0.25) is 4.79 Å². The number of nitrogens with one attached hydrogen (secondary N) is 2. The van der Waals surface area contributed by atoms with Crippen LogP contribution in [0.5, 0.6) is 5.75 Å². The Bertz CT molecular complexity index is 682. The van der Waals surface area contributed by atoms with E-state index in [9.17, 15) is 4.79 Å². The lowest BCUT2D eigenvalue weighted by molar-refractivity contribution is -0.118. The molecule has 0 fully saturated rings. The van der Waals surface area contributed by atoms with E-state index >= 15 is 0 Å². The Labute approximate surface area is 127 Å². The monoisotopic (exact) mass is 305 g/mol. The normalized spacial score (nSPS) is 13.3. The number of anilines is 2. The molecule has 5 nitrogen and oxygen atoms in total. The standard InChI is InChI=1S/C15H16ClN3O2/c1-2-19-4-3-10(8-19)7-17-12-6-14-13(5-11(12)16)18-15(20)9-21-14/h3-6,8,17H,2,7,9H2,1H3,(H,18,20). The number of aryl methyl sites for hydroxylation is 1. The maximum atomic E-state index is 11.3. The van der Waals surface area contributed by atoms with Crippen LogP contribution in [0.15, 0.2) is 30.6 Å². The molecule has 1 aliphatic heterocycles. The summed E-state index contributed by atoms with van der Waals surface area (Å²) in [5.41, 5.74) is 2.58. The van der Waals surface area contributed by atoms with E-state index in [1.54, 1.807) is 6.07 Å². The van der Waals surface area contributed by atoms with Gasteiger partial charge in [0.2, 0.25) is 0 Å². The Hall–Kier alpha value is -2.14. The van der Waals surface area contributed by atoms with Crippen molar-refractivity contribution in [3.8, 4) is 5.75 Å². The number of amides is 1. The van der Waals surface area contributed by atoms with Crippen molar-refractivity contribution in [2.45, 2.75) is 20.0 Å². The van der Waals surface area contributed by atoms with Crippen LogP contribution in [-0.4, -0.2) is 17.1 Å². The first-order valence-electron chi connectivity index (χ1n) is 6.80. The Morgan fingerprint density at radius 1 is 1.48 bits per heavy atom. The molecule has 0 radical (unpaired) electrons. The van der Waals surface area contributed by atoms with Gasteiger partial charge in [0.15, 0.2) is 6.61 Å². The number of ether oxygens (including phenoxy) is 1. The summed E-state index contributed by atoms with van der Waals surface area (Å²) >= 11 is 6.23. The van der Waals surface area contributed by atoms with Gasteiger partial charge in [0, 0.05) is 31.5 Å². The van der Waals surface area contributed by atoms with Crippen molar-refractivity contribution in [2.75, 3.05) is 17.2 Å². The molecule has 0 bridgehead atoms. The Balaban J connectivity index is 1.75. The molecule has 6 heteroatoms. The fourth-order valence-corrected chi connectivity index (χ4v) is 2.46. The van der Waals surface area contributed by atoms with Crippen molar-refractivity contribution in [2.24, 2.45) is 0 Å². The average molecular weight is 306 g/mol. The highest BCUT2D eigenvalue weighted by Crippen LogP contribution is 2.36. The molecule has 3 rings (SSSR count). The highest BCUT2D eigenvalue weighted by molar-refractivity contribution is 6.33. The van der Waals surface area contributed by atoms with Crippen molar-refractivity contribution in [1.29, 1.82) is 0 Å². The second-order valence-corrected chi connectivity index (χ2v) is 5.28. The minimum atomic E-state index is -0.166. The molecule has 2 N–H and O–H groups in total. The van der Waals surface area contributed by atoms with Gasteiger partial charge in [0.05, 0.1) is 16.4 Å². The number of hydrogen-bond acceptors (Lipinski definition) is 3. The van der Waals surface area contributed by atoms with E-state index in [1.165, 1.54) is 5.56 Å². The largest absolute Gasteiger partial charge is 0.482 e. The molecule has 1 aromatic carbocycles. The lowest BCUT2D eigenvalue weighted by atomic mass is 10.2. The van der Waals surface area contributed by atoms with Gasteiger partial charge < -0.3 is 19.9 Å². The fraction of sp³-hybridized carbons (Fsp3) is 0.267. The van der Waals surface area contributed by atoms with Gasteiger partial charge in [-0.25, -0.2) is 0 Å². The molecule has 0 unspecified atom stereocenters. The number of carbonyl (C=O) groups excluding carboxylic acids is 1. The smallest absolute Gasteiger partial charge is 0.262 e. The van der Waals surface area contributed by atoms with Gasteiger partial charge in [0.1, 0.15) is 5.75 Å². The zero-order valence-corrected chi connectivity index (χ0v) is 12.4. The van der Waals surface area contributed by atoms with E-state index in [-0.39, 0.29) is 12.5 Å². The number of benzene rings is 1. The lowest BCUT2D eigenvalue weighted by Crippen LogP contribution is -2.25. The van der Waals surface area contributed by atoms with Gasteiger partial charge in [-0.15, -0.1) is 0 Å². The van der Waals surface area contributed by atoms with Crippen LogP contribution in [0, 0.1) is 0 Å². The molecule has 21 heavy (non-hydrogen) atoms. The molecule has 1 amide bonds. The van der Waals surface area contributed by atoms with Crippen molar-refractivity contribution in [3.63, 3.8) is 0 Å². The molecule has 0 saturated carbocycles. The summed E-state index contributed by atoms with van der Waals surface area (Å²) in [6.07, 6.45) is 4.14. The van der Waals surface area contributed by atoms with E-state index in [0.29, 0.717) is 23.0 Å². The second kappa shape index (κ2) is 5.69. The molecule has 0 spiro atoms. The number of rotatable bonds is 4. The zero-order chi connectivity index (χ0) is 14.8. The molecule has 0 aliphatic carbocycles. The van der Waals surface area contributed by atoms with E-state index in [1.807, 2.05) is 12.3 Å². The summed E-state index contributed by atoms with van der Waals surface area (Å²) in [4.78, 5) is 11.3. The Kier molecular flexibility index (Phi) is 3.75. The van der Waals surface area contributed by atoms with Crippen LogP contribution in [0.2, 0.25) is 5.02 Å². The third-order valence-electron chi connectivity index (χ3n) is 3.36. The molecule has 0 atom stereocenters. The topological polar surface area (TPSA) is 55.3 Å². The summed E-state index contributed by atoms with van der Waals surface area (Å²) in [6.45, 7) is 3.77. The number of carbonyl (C=O) groups is 1. The summed E-state index contributed by atoms with van der Waals surface area (Å²) < 4.78 is 7.51. The highest BCUT2D eigenvalue weighted by Gasteiger charge is 2.18. The van der Waals surface area contributed by atoms with Gasteiger partial charge in [-0.05, 0) is 24.6 Å². The van der Waals surface area contributed by atoms with Crippen molar-refractivity contribution in [1.82, 2.24) is 4.57 Å². The maximum absolute atomic E-state index is 11.3. The number of halogens is 1. The van der Waals surface area contributed by atoms with E-state index in [4.69, 9.17) is 16.3 Å². The SMILES string of the molecule is CCn1ccc(CNc2cc3c(cc2Cl)NC(=O)CO3)c1. The number of hydrogen-bond donors (Lipinski definition) is 2. The molecule has 1 aromatic heterocycles. The first-order valence-corrected chi connectivity index (χ1v) is 7.18. The minimum absolute atomic E-state index is 0.0351. The van der Waals surface area contributed by atoms with E-state index in [2.05, 4.69) is 34.4 Å². The molecule has 2 aromatic rings. The quantitative estimate of drug-likeness (QED) is 0.912. The van der Waals surface area contributed by atoms with Gasteiger partial charge in [-0.2, -0.15) is 0 Å². The minimum Gasteiger partial charge on any atom is -0.482 e. The molecule has 2 heterocycles. The molecular weight excluding hydrogens is 290 g/mol. The second-order valence-electron chi connectivity index (χ2n) is 4.87. The number of fused-ring (bicyclic) bond motifs is 1. The van der Waals surface area contributed by atoms with Crippen LogP contribution in [-0.2, 0) is 17.9 Å². The van der Waals surface area contributed by atoms with Crippen molar-refractivity contribution >= 4 is 28.9 Å². The zero-order valence-electron chi connectivity index (χ0n) is 11.6. The molecule has 0 saturated heterocycles.